The van der Waals surface area contributed by atoms with Gasteiger partial charge in [-0.2, -0.15) is 0 Å². The summed E-state index contributed by atoms with van der Waals surface area (Å²) < 4.78 is 0. The van der Waals surface area contributed by atoms with Gasteiger partial charge in [-0.25, -0.2) is 0 Å². The van der Waals surface area contributed by atoms with Crippen LogP contribution in [-0.4, -0.2) is 0 Å². The zero-order chi connectivity index (χ0) is 8.98. The van der Waals surface area contributed by atoms with Crippen LogP contribution in [0, 0.1) is 16.7 Å². The molecule has 0 aromatic heterocycles. The molecule has 1 fully saturated rings. The monoisotopic (exact) mass is 162 g/mol. The Morgan fingerprint density at radius 3 is 2.75 bits per heavy atom. The molecule has 0 aliphatic heterocycles. The molecule has 12 heavy (non-hydrogen) atoms. The second-order valence-electron chi connectivity index (χ2n) is 5.36. The Morgan fingerprint density at radius 1 is 1.42 bits per heavy atom. The first-order chi connectivity index (χ1) is 5.44. The first-order valence-electron chi connectivity index (χ1n) is 4.82. The first kappa shape index (κ1) is 8.10. The summed E-state index contributed by atoms with van der Waals surface area (Å²) in [6.07, 6.45) is 7.27. The molecule has 66 valence electrons. The molecule has 0 bridgehead atoms. The summed E-state index contributed by atoms with van der Waals surface area (Å²) in [5.74, 6) is 0.798. The van der Waals surface area contributed by atoms with E-state index in [1.165, 1.54) is 12.0 Å². The molecule has 0 heteroatoms. The van der Waals surface area contributed by atoms with E-state index in [-0.39, 0.29) is 0 Å². The van der Waals surface area contributed by atoms with Gasteiger partial charge in [-0.3, -0.25) is 0 Å². The zero-order valence-electron chi connectivity index (χ0n) is 8.35. The van der Waals surface area contributed by atoms with Gasteiger partial charge in [-0.05, 0) is 29.6 Å². The maximum atomic E-state index is 4.22. The van der Waals surface area contributed by atoms with Crippen LogP contribution >= 0.6 is 0 Å². The van der Waals surface area contributed by atoms with Gasteiger partial charge < -0.3 is 0 Å². The van der Waals surface area contributed by atoms with Crippen molar-refractivity contribution in [3.05, 3.63) is 24.3 Å². The van der Waals surface area contributed by atoms with Gasteiger partial charge in [0.05, 0.1) is 0 Å². The Kier molecular flexibility index (Phi) is 1.38. The number of allylic oxidation sites excluding steroid dienone is 3. The van der Waals surface area contributed by atoms with Crippen LogP contribution in [0.4, 0.5) is 0 Å². The third-order valence-corrected chi connectivity index (χ3v) is 3.56. The molecule has 0 N–H and O–H groups in total. The van der Waals surface area contributed by atoms with Crippen molar-refractivity contribution in [2.45, 2.75) is 33.6 Å². The van der Waals surface area contributed by atoms with Crippen molar-refractivity contribution < 1.29 is 0 Å². The molecule has 2 unspecified atom stereocenters. The minimum absolute atomic E-state index is 0.341. The molecule has 0 amide bonds. The van der Waals surface area contributed by atoms with Crippen molar-refractivity contribution in [2.24, 2.45) is 16.7 Å². The molecule has 2 rings (SSSR count). The van der Waals surface area contributed by atoms with Gasteiger partial charge in [0.15, 0.2) is 0 Å². The maximum absolute atomic E-state index is 4.22. The molecular formula is C12H18. The fourth-order valence-corrected chi connectivity index (χ4v) is 2.27. The van der Waals surface area contributed by atoms with Crippen LogP contribution in [0.5, 0.6) is 0 Å². The van der Waals surface area contributed by atoms with Crippen LogP contribution < -0.4 is 0 Å². The van der Waals surface area contributed by atoms with E-state index in [1.54, 1.807) is 0 Å². The summed E-state index contributed by atoms with van der Waals surface area (Å²) in [6.45, 7) is 11.2. The zero-order valence-corrected chi connectivity index (χ0v) is 8.35. The van der Waals surface area contributed by atoms with Crippen LogP contribution in [0.2, 0.25) is 0 Å². The van der Waals surface area contributed by atoms with E-state index in [0.717, 1.165) is 12.3 Å². The summed E-state index contributed by atoms with van der Waals surface area (Å²) in [4.78, 5) is 0. The van der Waals surface area contributed by atoms with Crippen LogP contribution in [0.3, 0.4) is 0 Å². The van der Waals surface area contributed by atoms with Gasteiger partial charge in [0.1, 0.15) is 0 Å². The summed E-state index contributed by atoms with van der Waals surface area (Å²) in [5.41, 5.74) is 2.26. The number of hydrogen-bond acceptors (Lipinski definition) is 0. The average molecular weight is 162 g/mol. The van der Waals surface area contributed by atoms with Crippen molar-refractivity contribution >= 4 is 0 Å². The highest BCUT2D eigenvalue weighted by Crippen LogP contribution is 2.61. The van der Waals surface area contributed by atoms with Gasteiger partial charge in [0.25, 0.3) is 0 Å². The highest BCUT2D eigenvalue weighted by molar-refractivity contribution is 5.30. The summed E-state index contributed by atoms with van der Waals surface area (Å²) in [6, 6.07) is 0. The Bertz CT molecular complexity index is 257. The van der Waals surface area contributed by atoms with E-state index in [9.17, 15) is 0 Å². The third-order valence-electron chi connectivity index (χ3n) is 3.56. The lowest BCUT2D eigenvalue weighted by Crippen LogP contribution is -2.10. The van der Waals surface area contributed by atoms with Crippen LogP contribution in [0.15, 0.2) is 24.3 Å². The smallest absolute Gasteiger partial charge is 0.00498 e. The molecule has 2 aliphatic rings. The second kappa shape index (κ2) is 2.04. The molecule has 0 saturated heterocycles. The molecule has 0 spiro atoms. The topological polar surface area (TPSA) is 0 Å². The fourth-order valence-electron chi connectivity index (χ4n) is 2.27. The highest BCUT2D eigenvalue weighted by Gasteiger charge is 2.52. The van der Waals surface area contributed by atoms with E-state index >= 15 is 0 Å². The van der Waals surface area contributed by atoms with E-state index in [4.69, 9.17) is 0 Å². The normalized spacial score (nSPS) is 43.6. The van der Waals surface area contributed by atoms with Gasteiger partial charge in [0, 0.05) is 0 Å². The predicted octanol–water partition coefficient (Wildman–Crippen LogP) is 3.55. The van der Waals surface area contributed by atoms with Crippen LogP contribution in [0.25, 0.3) is 0 Å². The molecule has 0 heterocycles. The average Bonchev–Trinajstić information content (AvgIpc) is 2.58. The van der Waals surface area contributed by atoms with Gasteiger partial charge in [0.2, 0.25) is 0 Å². The standard InChI is InChI=1S/C12H18/c1-9-7-11(2,3)6-5-10-8-12(9,10)4/h5-6,10H,1,7-8H2,2-4H3. The molecular weight excluding hydrogens is 144 g/mol. The fraction of sp³-hybridized carbons (Fsp3) is 0.667. The molecule has 1 saturated carbocycles. The van der Waals surface area contributed by atoms with Gasteiger partial charge in [-0.1, -0.05) is 45.1 Å². The minimum Gasteiger partial charge on any atom is -0.0993 e. The van der Waals surface area contributed by atoms with Crippen LogP contribution in [0.1, 0.15) is 33.6 Å². The summed E-state index contributed by atoms with van der Waals surface area (Å²) in [5, 5.41) is 0. The molecule has 2 atom stereocenters. The van der Waals surface area contributed by atoms with E-state index in [0.29, 0.717) is 10.8 Å². The van der Waals surface area contributed by atoms with Crippen molar-refractivity contribution in [1.29, 1.82) is 0 Å². The molecule has 0 aromatic carbocycles. The number of fused-ring (bicyclic) bond motifs is 1. The third kappa shape index (κ3) is 1.05. The maximum Gasteiger partial charge on any atom is -0.00498 e. The predicted molar refractivity (Wildman–Crippen MR) is 52.9 cm³/mol. The van der Waals surface area contributed by atoms with Crippen molar-refractivity contribution in [3.63, 3.8) is 0 Å². The van der Waals surface area contributed by atoms with Crippen LogP contribution in [-0.2, 0) is 0 Å². The van der Waals surface area contributed by atoms with Gasteiger partial charge >= 0.3 is 0 Å². The lowest BCUT2D eigenvalue weighted by atomic mass is 9.82. The Morgan fingerprint density at radius 2 is 2.08 bits per heavy atom. The van der Waals surface area contributed by atoms with Gasteiger partial charge in [-0.15, -0.1) is 0 Å². The Balaban J connectivity index is 2.29. The lowest BCUT2D eigenvalue weighted by molar-refractivity contribution is 0.450. The minimum atomic E-state index is 0.341. The largest absolute Gasteiger partial charge is 0.0993 e. The van der Waals surface area contributed by atoms with Crippen molar-refractivity contribution in [3.8, 4) is 0 Å². The number of hydrogen-bond donors (Lipinski definition) is 0. The number of rotatable bonds is 0. The molecule has 0 nitrogen and oxygen atoms in total. The van der Waals surface area contributed by atoms with Crippen molar-refractivity contribution in [1.82, 2.24) is 0 Å². The Labute approximate surface area is 75.4 Å². The van der Waals surface area contributed by atoms with E-state index in [2.05, 4.69) is 39.5 Å². The Hall–Kier alpha value is -0.520. The van der Waals surface area contributed by atoms with E-state index < -0.39 is 0 Å². The quantitative estimate of drug-likeness (QED) is 0.478. The second-order valence-corrected chi connectivity index (χ2v) is 5.36. The lowest BCUT2D eigenvalue weighted by Gasteiger charge is -2.22. The van der Waals surface area contributed by atoms with Crippen molar-refractivity contribution in [2.75, 3.05) is 0 Å². The summed E-state index contributed by atoms with van der Waals surface area (Å²) >= 11 is 0. The summed E-state index contributed by atoms with van der Waals surface area (Å²) in [7, 11) is 0. The van der Waals surface area contributed by atoms with E-state index in [1.807, 2.05) is 0 Å². The highest BCUT2D eigenvalue weighted by atomic mass is 14.6. The SMILES string of the molecule is C=C1CC(C)(C)C=CC2CC12C. The first-order valence-corrected chi connectivity index (χ1v) is 4.82. The molecule has 0 aromatic rings. The molecule has 0 radical (unpaired) electrons. The molecule has 2 aliphatic carbocycles.